The maximum Gasteiger partial charge on any atom is 0.306 e. The topological polar surface area (TPSA) is 110 Å². The largest absolute Gasteiger partial charge is 0.447 e. The normalized spacial score (nSPS) is 21.1. The molecule has 22 heavy (non-hydrogen) atoms. The van der Waals surface area contributed by atoms with E-state index in [1.807, 2.05) is 13.8 Å². The highest BCUT2D eigenvalue weighted by atomic mass is 16.6. The van der Waals surface area contributed by atoms with Gasteiger partial charge in [-0.25, -0.2) is 0 Å². The molecule has 1 saturated heterocycles. The molecule has 0 radical (unpaired) electrons. The van der Waals surface area contributed by atoms with Crippen LogP contribution in [0.2, 0.25) is 0 Å². The van der Waals surface area contributed by atoms with Crippen molar-refractivity contribution in [3.05, 3.63) is 0 Å². The lowest BCUT2D eigenvalue weighted by Gasteiger charge is -2.16. The number of carbonyl (C=O) groups excluding carboxylic acids is 4. The van der Waals surface area contributed by atoms with E-state index < -0.39 is 36.0 Å². The SMILES string of the molecule is CCCCC(=O)OC1C(=O)N(O)C(=O)C1OC(=O)CCCC. The molecule has 2 unspecified atom stereocenters. The van der Waals surface area contributed by atoms with Gasteiger partial charge in [-0.1, -0.05) is 26.7 Å². The summed E-state index contributed by atoms with van der Waals surface area (Å²) in [5.74, 6) is -3.58. The summed E-state index contributed by atoms with van der Waals surface area (Å²) in [6, 6.07) is 0. The van der Waals surface area contributed by atoms with E-state index in [1.165, 1.54) is 0 Å². The summed E-state index contributed by atoms with van der Waals surface area (Å²) < 4.78 is 9.79. The molecular weight excluding hydrogens is 294 g/mol. The summed E-state index contributed by atoms with van der Waals surface area (Å²) in [5.41, 5.74) is 0. The maximum absolute atomic E-state index is 11.7. The molecule has 1 fully saturated rings. The Morgan fingerprint density at radius 3 is 1.64 bits per heavy atom. The number of rotatable bonds is 8. The summed E-state index contributed by atoms with van der Waals surface area (Å²) in [4.78, 5) is 46.6. The average molecular weight is 315 g/mol. The van der Waals surface area contributed by atoms with E-state index in [0.29, 0.717) is 12.8 Å². The number of unbranched alkanes of at least 4 members (excludes halogenated alkanes) is 2. The van der Waals surface area contributed by atoms with Crippen molar-refractivity contribution < 1.29 is 33.9 Å². The third-order valence-corrected chi connectivity index (χ3v) is 3.17. The van der Waals surface area contributed by atoms with Crippen LogP contribution in [-0.2, 0) is 28.7 Å². The molecule has 1 N–H and O–H groups in total. The minimum atomic E-state index is -1.62. The third-order valence-electron chi connectivity index (χ3n) is 3.17. The number of imide groups is 1. The van der Waals surface area contributed by atoms with Gasteiger partial charge in [-0.15, -0.1) is 5.06 Å². The molecule has 2 atom stereocenters. The van der Waals surface area contributed by atoms with Crippen molar-refractivity contribution in [3.63, 3.8) is 0 Å². The molecule has 0 aliphatic carbocycles. The summed E-state index contributed by atoms with van der Waals surface area (Å²) in [6.07, 6.45) is -0.427. The standard InChI is InChI=1S/C14H21NO7/c1-3-5-7-9(16)21-11-12(14(19)15(20)13(11)18)22-10(17)8-6-4-2/h11-12,20H,3-8H2,1-2H3. The summed E-state index contributed by atoms with van der Waals surface area (Å²) in [7, 11) is 0. The van der Waals surface area contributed by atoms with Gasteiger partial charge >= 0.3 is 11.9 Å². The number of esters is 2. The first kappa shape index (κ1) is 18.1. The Labute approximate surface area is 128 Å². The molecule has 0 spiro atoms. The van der Waals surface area contributed by atoms with Crippen LogP contribution < -0.4 is 0 Å². The second kappa shape index (κ2) is 8.47. The molecule has 1 rings (SSSR count). The Morgan fingerprint density at radius 1 is 0.955 bits per heavy atom. The van der Waals surface area contributed by atoms with Crippen molar-refractivity contribution in [2.75, 3.05) is 0 Å². The van der Waals surface area contributed by atoms with Crippen LogP contribution in [-0.4, -0.2) is 46.2 Å². The van der Waals surface area contributed by atoms with Crippen LogP contribution in [0.1, 0.15) is 52.4 Å². The van der Waals surface area contributed by atoms with Crippen molar-refractivity contribution in [2.24, 2.45) is 0 Å². The molecule has 0 aromatic carbocycles. The van der Waals surface area contributed by atoms with E-state index >= 15 is 0 Å². The molecule has 1 heterocycles. The first-order valence-corrected chi connectivity index (χ1v) is 7.38. The molecule has 0 aromatic heterocycles. The van der Waals surface area contributed by atoms with Gasteiger partial charge in [-0.2, -0.15) is 0 Å². The highest BCUT2D eigenvalue weighted by Crippen LogP contribution is 2.20. The predicted octanol–water partition coefficient (Wildman–Crippen LogP) is 0.948. The number of ether oxygens (including phenoxy) is 2. The minimum Gasteiger partial charge on any atom is -0.447 e. The molecule has 1 aliphatic heterocycles. The van der Waals surface area contributed by atoms with Gasteiger partial charge in [0.05, 0.1) is 0 Å². The summed E-state index contributed by atoms with van der Waals surface area (Å²) in [5, 5.41) is 9.17. The molecule has 0 saturated carbocycles. The summed E-state index contributed by atoms with van der Waals surface area (Å²) in [6.45, 7) is 3.76. The average Bonchev–Trinajstić information content (AvgIpc) is 2.69. The predicted molar refractivity (Wildman–Crippen MR) is 72.4 cm³/mol. The first-order valence-electron chi connectivity index (χ1n) is 7.38. The van der Waals surface area contributed by atoms with Crippen LogP contribution in [0.3, 0.4) is 0 Å². The van der Waals surface area contributed by atoms with Crippen LogP contribution in [0.25, 0.3) is 0 Å². The molecule has 124 valence electrons. The molecule has 0 bridgehead atoms. The third kappa shape index (κ3) is 4.52. The fraction of sp³-hybridized carbons (Fsp3) is 0.714. The Bertz CT molecular complexity index is 408. The number of nitrogens with zero attached hydrogens (tertiary/aromatic N) is 1. The molecule has 8 heteroatoms. The van der Waals surface area contributed by atoms with E-state index in [4.69, 9.17) is 9.47 Å². The number of hydroxylamine groups is 2. The van der Waals surface area contributed by atoms with Gasteiger partial charge in [0, 0.05) is 12.8 Å². The fourth-order valence-electron chi connectivity index (χ4n) is 1.88. The Balaban J connectivity index is 2.72. The van der Waals surface area contributed by atoms with E-state index in [0.717, 1.165) is 12.8 Å². The molecular formula is C14H21NO7. The van der Waals surface area contributed by atoms with Gasteiger partial charge in [0.15, 0.2) is 0 Å². The number of hydrogen-bond acceptors (Lipinski definition) is 7. The van der Waals surface area contributed by atoms with Crippen LogP contribution in [0.4, 0.5) is 0 Å². The lowest BCUT2D eigenvalue weighted by atomic mass is 10.2. The van der Waals surface area contributed by atoms with E-state index in [-0.39, 0.29) is 17.9 Å². The van der Waals surface area contributed by atoms with Gasteiger partial charge in [0.1, 0.15) is 0 Å². The Hall–Kier alpha value is -1.96. The number of hydrogen-bond donors (Lipinski definition) is 1. The Kier molecular flexibility index (Phi) is 6.97. The summed E-state index contributed by atoms with van der Waals surface area (Å²) >= 11 is 0. The van der Waals surface area contributed by atoms with Crippen molar-refractivity contribution in [3.8, 4) is 0 Å². The zero-order chi connectivity index (χ0) is 16.7. The lowest BCUT2D eigenvalue weighted by molar-refractivity contribution is -0.177. The van der Waals surface area contributed by atoms with Crippen LogP contribution in [0.5, 0.6) is 0 Å². The smallest absolute Gasteiger partial charge is 0.306 e. The van der Waals surface area contributed by atoms with E-state index in [9.17, 15) is 24.4 Å². The molecule has 8 nitrogen and oxygen atoms in total. The van der Waals surface area contributed by atoms with E-state index in [2.05, 4.69) is 0 Å². The van der Waals surface area contributed by atoms with Gasteiger partial charge in [0.2, 0.25) is 12.2 Å². The highest BCUT2D eigenvalue weighted by Gasteiger charge is 2.52. The number of carbonyl (C=O) groups is 4. The quantitative estimate of drug-likeness (QED) is 0.403. The zero-order valence-electron chi connectivity index (χ0n) is 12.7. The number of amides is 2. The van der Waals surface area contributed by atoms with Crippen molar-refractivity contribution >= 4 is 23.8 Å². The second-order valence-corrected chi connectivity index (χ2v) is 5.02. The monoisotopic (exact) mass is 315 g/mol. The molecule has 1 aliphatic rings. The lowest BCUT2D eigenvalue weighted by Crippen LogP contribution is -2.37. The van der Waals surface area contributed by atoms with Gasteiger partial charge in [-0.3, -0.25) is 24.4 Å². The minimum absolute atomic E-state index is 0.0798. The van der Waals surface area contributed by atoms with Gasteiger partial charge < -0.3 is 9.47 Å². The highest BCUT2D eigenvalue weighted by molar-refractivity contribution is 6.08. The Morgan fingerprint density at radius 2 is 1.32 bits per heavy atom. The van der Waals surface area contributed by atoms with Gasteiger partial charge in [0.25, 0.3) is 11.8 Å². The zero-order valence-corrected chi connectivity index (χ0v) is 12.7. The van der Waals surface area contributed by atoms with Crippen LogP contribution in [0, 0.1) is 0 Å². The van der Waals surface area contributed by atoms with Crippen molar-refractivity contribution in [1.29, 1.82) is 0 Å². The maximum atomic E-state index is 11.7. The molecule has 2 amide bonds. The van der Waals surface area contributed by atoms with Crippen molar-refractivity contribution in [2.45, 2.75) is 64.6 Å². The van der Waals surface area contributed by atoms with Crippen LogP contribution >= 0.6 is 0 Å². The first-order chi connectivity index (χ1) is 10.4. The van der Waals surface area contributed by atoms with Crippen molar-refractivity contribution in [1.82, 2.24) is 5.06 Å². The van der Waals surface area contributed by atoms with Crippen LogP contribution in [0.15, 0.2) is 0 Å². The fourth-order valence-corrected chi connectivity index (χ4v) is 1.88. The second-order valence-electron chi connectivity index (χ2n) is 5.02. The van der Waals surface area contributed by atoms with E-state index in [1.54, 1.807) is 0 Å². The van der Waals surface area contributed by atoms with Gasteiger partial charge in [-0.05, 0) is 12.8 Å². The molecule has 0 aromatic rings.